The second kappa shape index (κ2) is 7.74. The predicted octanol–water partition coefficient (Wildman–Crippen LogP) is 5.92. The highest BCUT2D eigenvalue weighted by atomic mass is 16.5. The van der Waals surface area contributed by atoms with Gasteiger partial charge < -0.3 is 15.0 Å². The van der Waals surface area contributed by atoms with E-state index in [-0.39, 0.29) is 16.9 Å². The van der Waals surface area contributed by atoms with E-state index in [9.17, 15) is 0 Å². The van der Waals surface area contributed by atoms with Gasteiger partial charge >= 0.3 is 0 Å². The van der Waals surface area contributed by atoms with Crippen molar-refractivity contribution < 1.29 is 9.31 Å². The third-order valence-corrected chi connectivity index (χ3v) is 8.79. The molecule has 0 spiro atoms. The van der Waals surface area contributed by atoms with Crippen LogP contribution in [0.25, 0.3) is 6.08 Å². The number of hydrogen-bond donors (Lipinski definition) is 1. The molecule has 1 atom stereocenters. The van der Waals surface area contributed by atoms with Crippen LogP contribution in [0.5, 0.6) is 5.75 Å². The third-order valence-electron chi connectivity index (χ3n) is 8.79. The van der Waals surface area contributed by atoms with Crippen LogP contribution in [0.15, 0.2) is 54.2 Å². The van der Waals surface area contributed by atoms with Gasteiger partial charge in [0.25, 0.3) is 0 Å². The fourth-order valence-corrected chi connectivity index (χ4v) is 6.63. The molecule has 4 heteroatoms. The van der Waals surface area contributed by atoms with Crippen LogP contribution in [-0.4, -0.2) is 43.1 Å². The molecular weight excluding hydrogens is 430 g/mol. The first-order chi connectivity index (χ1) is 16.7. The monoisotopic (exact) mass is 468 g/mol. The van der Waals surface area contributed by atoms with Gasteiger partial charge in [0.15, 0.2) is 12.3 Å². The molecule has 0 fully saturated rings. The van der Waals surface area contributed by atoms with E-state index in [2.05, 4.69) is 91.5 Å². The molecule has 4 heterocycles. The van der Waals surface area contributed by atoms with Crippen molar-refractivity contribution in [2.75, 3.05) is 31.6 Å². The van der Waals surface area contributed by atoms with Crippen LogP contribution in [-0.2, 0) is 10.8 Å². The topological polar surface area (TPSA) is 27.5 Å². The van der Waals surface area contributed by atoms with Gasteiger partial charge in [0, 0.05) is 67.6 Å². The lowest BCUT2D eigenvalue weighted by Crippen LogP contribution is -2.43. The molecule has 4 aliphatic rings. The Hall–Kier alpha value is -3.01. The maximum atomic E-state index is 6.79. The highest BCUT2D eigenvalue weighted by Gasteiger charge is 2.52. The van der Waals surface area contributed by atoms with Crippen LogP contribution in [0.1, 0.15) is 63.6 Å². The van der Waals surface area contributed by atoms with Crippen molar-refractivity contribution in [3.05, 3.63) is 70.9 Å². The van der Waals surface area contributed by atoms with Crippen molar-refractivity contribution >= 4 is 23.2 Å². The smallest absolute Gasteiger partial charge is 0.209 e. The van der Waals surface area contributed by atoms with Crippen LogP contribution < -0.4 is 15.0 Å². The maximum Gasteiger partial charge on any atom is 0.209 e. The lowest BCUT2D eigenvalue weighted by atomic mass is 9.74. The van der Waals surface area contributed by atoms with Gasteiger partial charge in [-0.05, 0) is 43.4 Å². The van der Waals surface area contributed by atoms with Crippen LogP contribution in [0.3, 0.4) is 0 Å². The van der Waals surface area contributed by atoms with Crippen LogP contribution in [0.2, 0.25) is 0 Å². The van der Waals surface area contributed by atoms with Gasteiger partial charge in [0.2, 0.25) is 5.69 Å². The quantitative estimate of drug-likeness (QED) is 0.564. The number of ether oxygens (including phenoxy) is 1. The summed E-state index contributed by atoms with van der Waals surface area (Å²) in [6.07, 6.45) is 5.67. The zero-order valence-corrected chi connectivity index (χ0v) is 21.9. The average Bonchev–Trinajstić information content (AvgIpc) is 3.08. The predicted molar refractivity (Wildman–Crippen MR) is 145 cm³/mol. The molecule has 182 valence electrons. The molecule has 6 rings (SSSR count). The number of nitrogens with one attached hydrogen (secondary N) is 1. The highest BCUT2D eigenvalue weighted by molar-refractivity contribution is 6.11. The average molecular weight is 469 g/mol. The molecule has 1 N–H and O–H groups in total. The summed E-state index contributed by atoms with van der Waals surface area (Å²) in [5.74, 6) is 1.04. The molecule has 4 nitrogen and oxygen atoms in total. The van der Waals surface area contributed by atoms with Crippen molar-refractivity contribution in [3.63, 3.8) is 0 Å². The lowest BCUT2D eigenvalue weighted by Gasteiger charge is -2.42. The Kier molecular flexibility index (Phi) is 4.97. The number of rotatable bonds is 4. The van der Waals surface area contributed by atoms with E-state index in [1.165, 1.54) is 39.3 Å². The first kappa shape index (κ1) is 22.5. The highest BCUT2D eigenvalue weighted by Crippen LogP contribution is 2.49. The Morgan fingerprint density at radius 1 is 1.17 bits per heavy atom. The van der Waals surface area contributed by atoms with Crippen LogP contribution >= 0.6 is 0 Å². The van der Waals surface area contributed by atoms with E-state index in [4.69, 9.17) is 4.74 Å². The fraction of sp³-hybridized carbons (Fsp3) is 0.452. The Bertz CT molecular complexity index is 1300. The van der Waals surface area contributed by atoms with Crippen molar-refractivity contribution in [1.29, 1.82) is 0 Å². The first-order valence-electron chi connectivity index (χ1n) is 13.1. The molecule has 0 amide bonds. The van der Waals surface area contributed by atoms with E-state index in [1.54, 1.807) is 0 Å². The summed E-state index contributed by atoms with van der Waals surface area (Å²) >= 11 is 0. The Morgan fingerprint density at radius 3 is 2.77 bits per heavy atom. The van der Waals surface area contributed by atoms with E-state index in [1.807, 2.05) is 7.05 Å². The molecule has 0 bridgehead atoms. The van der Waals surface area contributed by atoms with E-state index in [0.29, 0.717) is 0 Å². The minimum Gasteiger partial charge on any atom is -0.485 e. The second-order valence-electron chi connectivity index (χ2n) is 11.8. The summed E-state index contributed by atoms with van der Waals surface area (Å²) in [5, 5.41) is 3.20. The summed E-state index contributed by atoms with van der Waals surface area (Å²) < 4.78 is 9.34. The molecule has 1 unspecified atom stereocenters. The Balaban J connectivity index is 1.44. The molecule has 2 aromatic rings. The molecule has 2 aromatic carbocycles. The van der Waals surface area contributed by atoms with E-state index in [0.717, 1.165) is 50.3 Å². The first-order valence-corrected chi connectivity index (χ1v) is 13.1. The van der Waals surface area contributed by atoms with Gasteiger partial charge in [0.1, 0.15) is 11.9 Å². The summed E-state index contributed by atoms with van der Waals surface area (Å²) in [6, 6.07) is 13.7. The van der Waals surface area contributed by atoms with Crippen molar-refractivity contribution in [1.82, 2.24) is 5.32 Å². The molecule has 0 aromatic heterocycles. The Morgan fingerprint density at radius 2 is 1.97 bits per heavy atom. The standard InChI is InChI=1S/C31H38N3O/c1-20(32-6)11-14-33-16-13-30(2,3)24-18-21-17-22-27(35-28(21)19-26(24)33)12-15-34-25-10-8-7-9-23(25)31(4,5)29(22)34/h7-10,17-19,27,32H,1,11-16H2,2-6H3/q+1. The third kappa shape index (κ3) is 3.36. The number of anilines is 1. The maximum absolute atomic E-state index is 6.79. The number of nitrogens with zero attached hydrogens (tertiary/aromatic N) is 2. The zero-order valence-electron chi connectivity index (χ0n) is 21.9. The SMILES string of the molecule is C=C(CCN1CCC(C)(C)c2cc3c(cc21)OC1CC[N+]2=C(C1=C3)C(C)(C)c1ccccc12)NC. The molecular formula is C31H38N3O+. The molecule has 0 aliphatic carbocycles. The van der Waals surface area contributed by atoms with Crippen molar-refractivity contribution in [3.8, 4) is 5.75 Å². The summed E-state index contributed by atoms with van der Waals surface area (Å²) in [4.78, 5) is 2.53. The van der Waals surface area contributed by atoms with Gasteiger partial charge in [-0.15, -0.1) is 0 Å². The van der Waals surface area contributed by atoms with Crippen molar-refractivity contribution in [2.45, 2.75) is 63.9 Å². The second-order valence-corrected chi connectivity index (χ2v) is 11.8. The Labute approximate surface area is 210 Å². The van der Waals surface area contributed by atoms with Crippen molar-refractivity contribution in [2.24, 2.45) is 0 Å². The van der Waals surface area contributed by atoms with Gasteiger partial charge in [-0.3, -0.25) is 0 Å². The molecule has 0 saturated heterocycles. The van der Waals surface area contributed by atoms with Gasteiger partial charge in [-0.2, -0.15) is 4.58 Å². The molecule has 0 radical (unpaired) electrons. The van der Waals surface area contributed by atoms with Gasteiger partial charge in [-0.1, -0.05) is 38.6 Å². The normalized spacial score (nSPS) is 22.7. The van der Waals surface area contributed by atoms with E-state index >= 15 is 0 Å². The van der Waals surface area contributed by atoms with Gasteiger partial charge in [0.05, 0.1) is 11.0 Å². The largest absolute Gasteiger partial charge is 0.485 e. The summed E-state index contributed by atoms with van der Waals surface area (Å²) in [5.41, 5.74) is 10.8. The number of hydrogen-bond acceptors (Lipinski definition) is 3. The minimum atomic E-state index is -0.0258. The lowest BCUT2D eigenvalue weighted by molar-refractivity contribution is -0.444. The number of benzene rings is 2. The minimum absolute atomic E-state index is 0.0258. The molecule has 0 saturated carbocycles. The fourth-order valence-electron chi connectivity index (χ4n) is 6.63. The summed E-state index contributed by atoms with van der Waals surface area (Å²) in [6.45, 7) is 16.7. The number of para-hydroxylation sites is 1. The summed E-state index contributed by atoms with van der Waals surface area (Å²) in [7, 11) is 1.96. The van der Waals surface area contributed by atoms with E-state index < -0.39 is 0 Å². The van der Waals surface area contributed by atoms with Crippen LogP contribution in [0, 0.1) is 0 Å². The molecule has 35 heavy (non-hydrogen) atoms. The zero-order chi connectivity index (χ0) is 24.5. The van der Waals surface area contributed by atoms with Gasteiger partial charge in [-0.25, -0.2) is 0 Å². The number of fused-ring (bicyclic) bond motifs is 6. The molecule has 4 aliphatic heterocycles. The van der Waals surface area contributed by atoms with Crippen LogP contribution in [0.4, 0.5) is 11.4 Å².